The van der Waals surface area contributed by atoms with Crippen LogP contribution >= 0.6 is 11.6 Å². The van der Waals surface area contributed by atoms with Crippen LogP contribution < -0.4 is 0 Å². The van der Waals surface area contributed by atoms with Crippen molar-refractivity contribution in [1.82, 2.24) is 24.5 Å². The predicted octanol–water partition coefficient (Wildman–Crippen LogP) is 5.05. The van der Waals surface area contributed by atoms with Crippen molar-refractivity contribution >= 4 is 23.3 Å². The zero-order valence-corrected chi connectivity index (χ0v) is 18.6. The number of carbonyl (C=O) groups is 1. The number of carbonyl (C=O) groups excluding carboxylic acids is 1. The lowest BCUT2D eigenvalue weighted by atomic mass is 9.93. The topological polar surface area (TPSA) is 63.4 Å². The molecule has 0 N–H and O–H groups in total. The largest absolute Gasteiger partial charge is 0.338 e. The van der Waals surface area contributed by atoms with Crippen molar-refractivity contribution in [3.8, 4) is 11.1 Å². The number of fused-ring (bicyclic) bond motifs is 1. The third kappa shape index (κ3) is 3.95. The Hall–Kier alpha value is -3.39. The number of aryl methyl sites for hydroxylation is 1. The molecule has 0 bridgehead atoms. The molecule has 2 aromatic carbocycles. The lowest BCUT2D eigenvalue weighted by Crippen LogP contribution is -2.40. The number of amides is 1. The first kappa shape index (κ1) is 21.5. The van der Waals surface area contributed by atoms with Crippen LogP contribution in [-0.4, -0.2) is 43.5 Å². The van der Waals surface area contributed by atoms with Gasteiger partial charge in [0.15, 0.2) is 0 Å². The third-order valence-electron chi connectivity index (χ3n) is 5.98. The van der Waals surface area contributed by atoms with Gasteiger partial charge in [-0.3, -0.25) is 4.79 Å². The van der Waals surface area contributed by atoms with Crippen molar-refractivity contribution in [3.63, 3.8) is 0 Å². The van der Waals surface area contributed by atoms with E-state index in [1.807, 2.05) is 13.0 Å². The number of piperidine rings is 1. The van der Waals surface area contributed by atoms with Crippen molar-refractivity contribution in [3.05, 3.63) is 82.4 Å². The summed E-state index contributed by atoms with van der Waals surface area (Å²) >= 11 is 6.17. The van der Waals surface area contributed by atoms with E-state index in [4.69, 9.17) is 11.6 Å². The van der Waals surface area contributed by atoms with Crippen LogP contribution in [0.1, 0.15) is 40.5 Å². The molecule has 1 aliphatic heterocycles. The van der Waals surface area contributed by atoms with Gasteiger partial charge in [-0.1, -0.05) is 29.8 Å². The highest BCUT2D eigenvalue weighted by Gasteiger charge is 2.31. The Balaban J connectivity index is 1.45. The average molecular weight is 468 g/mol. The fourth-order valence-corrected chi connectivity index (χ4v) is 4.68. The second-order valence-electron chi connectivity index (χ2n) is 8.18. The number of likely N-dealkylation sites (tertiary alicyclic amines) is 1. The van der Waals surface area contributed by atoms with Crippen molar-refractivity contribution < 1.29 is 13.6 Å². The molecule has 1 saturated heterocycles. The van der Waals surface area contributed by atoms with E-state index >= 15 is 8.78 Å². The zero-order chi connectivity index (χ0) is 23.1. The van der Waals surface area contributed by atoms with Crippen molar-refractivity contribution in [1.29, 1.82) is 0 Å². The molecule has 4 aromatic rings. The number of rotatable bonds is 3. The number of aromatic nitrogens is 4. The minimum Gasteiger partial charge on any atom is -0.338 e. The Morgan fingerprint density at radius 1 is 1.15 bits per heavy atom. The summed E-state index contributed by atoms with van der Waals surface area (Å²) in [6, 6.07) is 11.0. The van der Waals surface area contributed by atoms with E-state index in [1.165, 1.54) is 11.2 Å². The summed E-state index contributed by atoms with van der Waals surface area (Å²) in [6.45, 7) is 2.61. The number of hydrogen-bond donors (Lipinski definition) is 0. The molecule has 2 aromatic heterocycles. The van der Waals surface area contributed by atoms with Crippen molar-refractivity contribution in [2.75, 3.05) is 13.1 Å². The SMILES string of the molecule is Cc1cc(C2CCCN(C(=O)c3c(F)cc(-c4ccccc4Cl)cc3F)C2)n2ncnc2n1. The molecule has 9 heteroatoms. The van der Waals surface area contributed by atoms with E-state index in [-0.39, 0.29) is 11.5 Å². The van der Waals surface area contributed by atoms with Gasteiger partial charge in [0.1, 0.15) is 23.5 Å². The number of nitrogens with zero attached hydrogens (tertiary/aromatic N) is 5. The summed E-state index contributed by atoms with van der Waals surface area (Å²) in [7, 11) is 0. The average Bonchev–Trinajstić information content (AvgIpc) is 3.26. The van der Waals surface area contributed by atoms with Crippen molar-refractivity contribution in [2.24, 2.45) is 0 Å². The van der Waals surface area contributed by atoms with E-state index in [2.05, 4.69) is 15.1 Å². The summed E-state index contributed by atoms with van der Waals surface area (Å²) in [5.74, 6) is -2.05. The number of hydrogen-bond acceptors (Lipinski definition) is 4. The first-order valence-electron chi connectivity index (χ1n) is 10.6. The van der Waals surface area contributed by atoms with Gasteiger partial charge in [-0.15, -0.1) is 0 Å². The van der Waals surface area contributed by atoms with Gasteiger partial charge in [-0.2, -0.15) is 10.1 Å². The van der Waals surface area contributed by atoms with Gasteiger partial charge in [0.25, 0.3) is 11.7 Å². The molecule has 1 atom stereocenters. The molecule has 5 rings (SSSR count). The standard InChI is InChI=1S/C24H20ClF2N5O/c1-14-9-21(32-24(30-14)28-13-29-32)15-5-4-8-31(12-15)23(33)22-19(26)10-16(11-20(22)27)17-6-2-3-7-18(17)25/h2-3,6-7,9-11,13,15H,4-5,8,12H2,1H3. The quantitative estimate of drug-likeness (QED) is 0.423. The van der Waals surface area contributed by atoms with Crippen LogP contribution in [-0.2, 0) is 0 Å². The molecule has 33 heavy (non-hydrogen) atoms. The van der Waals surface area contributed by atoms with E-state index in [9.17, 15) is 4.79 Å². The van der Waals surface area contributed by atoms with Gasteiger partial charge in [-0.05, 0) is 49.6 Å². The van der Waals surface area contributed by atoms with Gasteiger partial charge in [0.2, 0.25) is 0 Å². The van der Waals surface area contributed by atoms with Crippen LogP contribution in [0.25, 0.3) is 16.9 Å². The van der Waals surface area contributed by atoms with Crippen LogP contribution in [0.4, 0.5) is 8.78 Å². The fraction of sp³-hybridized carbons (Fsp3) is 0.250. The molecule has 0 spiro atoms. The van der Waals surface area contributed by atoms with Crippen LogP contribution in [0.3, 0.4) is 0 Å². The molecule has 1 amide bonds. The molecule has 168 valence electrons. The van der Waals surface area contributed by atoms with Crippen LogP contribution in [0.5, 0.6) is 0 Å². The van der Waals surface area contributed by atoms with Gasteiger partial charge >= 0.3 is 0 Å². The monoisotopic (exact) mass is 467 g/mol. The van der Waals surface area contributed by atoms with Gasteiger partial charge < -0.3 is 4.90 Å². The summed E-state index contributed by atoms with van der Waals surface area (Å²) in [4.78, 5) is 23.2. The Bertz CT molecular complexity index is 1350. The highest BCUT2D eigenvalue weighted by atomic mass is 35.5. The van der Waals surface area contributed by atoms with Crippen LogP contribution in [0.15, 0.2) is 48.8 Å². The summed E-state index contributed by atoms with van der Waals surface area (Å²) in [5.41, 5.74) is 1.90. The first-order chi connectivity index (χ1) is 15.9. The fourth-order valence-electron chi connectivity index (χ4n) is 4.44. The Kier molecular flexibility index (Phi) is 5.54. The smallest absolute Gasteiger partial charge is 0.259 e. The molecular formula is C24H20ClF2N5O. The van der Waals surface area contributed by atoms with E-state index in [0.29, 0.717) is 35.9 Å². The van der Waals surface area contributed by atoms with E-state index < -0.39 is 23.1 Å². The molecule has 1 aliphatic rings. The van der Waals surface area contributed by atoms with Crippen LogP contribution in [0, 0.1) is 18.6 Å². The summed E-state index contributed by atoms with van der Waals surface area (Å²) in [5, 5.41) is 4.62. The van der Waals surface area contributed by atoms with Gasteiger partial charge in [0, 0.05) is 35.3 Å². The number of halogens is 3. The van der Waals surface area contributed by atoms with Crippen LogP contribution in [0.2, 0.25) is 5.02 Å². The summed E-state index contributed by atoms with van der Waals surface area (Å²) in [6.07, 6.45) is 2.95. The Morgan fingerprint density at radius 2 is 1.91 bits per heavy atom. The molecule has 0 saturated carbocycles. The Morgan fingerprint density at radius 3 is 2.67 bits per heavy atom. The molecule has 1 fully saturated rings. The summed E-state index contributed by atoms with van der Waals surface area (Å²) < 4.78 is 31.7. The van der Waals surface area contributed by atoms with Gasteiger partial charge in [-0.25, -0.2) is 18.3 Å². The minimum absolute atomic E-state index is 0.0536. The maximum atomic E-state index is 15.0. The molecule has 3 heterocycles. The highest BCUT2D eigenvalue weighted by molar-refractivity contribution is 6.33. The molecule has 1 unspecified atom stereocenters. The van der Waals surface area contributed by atoms with Gasteiger partial charge in [0.05, 0.1) is 5.69 Å². The second kappa shape index (κ2) is 8.51. The Labute approximate surface area is 193 Å². The maximum Gasteiger partial charge on any atom is 0.259 e. The second-order valence-corrected chi connectivity index (χ2v) is 8.59. The number of benzene rings is 2. The maximum absolute atomic E-state index is 15.0. The zero-order valence-electron chi connectivity index (χ0n) is 17.8. The predicted molar refractivity (Wildman–Crippen MR) is 120 cm³/mol. The van der Waals surface area contributed by atoms with Crippen molar-refractivity contribution in [2.45, 2.75) is 25.7 Å². The normalized spacial score (nSPS) is 16.4. The lowest BCUT2D eigenvalue weighted by molar-refractivity contribution is 0.0695. The third-order valence-corrected chi connectivity index (χ3v) is 6.30. The molecule has 0 radical (unpaired) electrons. The molecule has 0 aliphatic carbocycles. The van der Waals surface area contributed by atoms with E-state index in [1.54, 1.807) is 28.8 Å². The molecular weight excluding hydrogens is 448 g/mol. The van der Waals surface area contributed by atoms with E-state index in [0.717, 1.165) is 29.9 Å². The highest BCUT2D eigenvalue weighted by Crippen LogP contribution is 2.32. The first-order valence-corrected chi connectivity index (χ1v) is 11.0. The minimum atomic E-state index is -0.907. The molecule has 6 nitrogen and oxygen atoms in total. The lowest BCUT2D eigenvalue weighted by Gasteiger charge is -2.33.